The van der Waals surface area contributed by atoms with E-state index in [0.29, 0.717) is 37.9 Å². The maximum Gasteiger partial charge on any atom is 0.286 e. The van der Waals surface area contributed by atoms with Crippen LogP contribution in [-0.4, -0.2) is 43.7 Å². The van der Waals surface area contributed by atoms with E-state index in [0.717, 1.165) is 5.56 Å². The highest BCUT2D eigenvalue weighted by Crippen LogP contribution is 2.28. The van der Waals surface area contributed by atoms with Crippen molar-refractivity contribution < 1.29 is 24.1 Å². The molecule has 1 aromatic rings. The SMILES string of the molecule is CC(C)[C@H]1C=C(C(=O)NCc2ccccc2)O[C@@H](OCCOCCO)C1. The van der Waals surface area contributed by atoms with E-state index in [9.17, 15) is 4.79 Å². The Morgan fingerprint density at radius 1 is 1.27 bits per heavy atom. The first-order valence-electron chi connectivity index (χ1n) is 9.11. The van der Waals surface area contributed by atoms with E-state index >= 15 is 0 Å². The molecule has 1 aromatic carbocycles. The number of rotatable bonds is 10. The fourth-order valence-electron chi connectivity index (χ4n) is 2.68. The molecule has 2 rings (SSSR count). The first kappa shape index (κ1) is 20.4. The molecule has 1 heterocycles. The summed E-state index contributed by atoms with van der Waals surface area (Å²) in [5.41, 5.74) is 1.03. The van der Waals surface area contributed by atoms with Gasteiger partial charge >= 0.3 is 0 Å². The average Bonchev–Trinajstić information content (AvgIpc) is 2.66. The molecule has 1 amide bonds. The molecule has 6 heteroatoms. The Hall–Kier alpha value is -1.89. The number of aliphatic hydroxyl groups is 1. The summed E-state index contributed by atoms with van der Waals surface area (Å²) in [5, 5.41) is 11.6. The van der Waals surface area contributed by atoms with Crippen molar-refractivity contribution >= 4 is 5.91 Å². The van der Waals surface area contributed by atoms with Crippen LogP contribution >= 0.6 is 0 Å². The molecule has 2 atom stereocenters. The Bertz CT molecular complexity index is 573. The van der Waals surface area contributed by atoms with Crippen molar-refractivity contribution in [1.29, 1.82) is 0 Å². The van der Waals surface area contributed by atoms with Gasteiger partial charge in [0.15, 0.2) is 5.76 Å². The molecule has 0 unspecified atom stereocenters. The smallest absolute Gasteiger partial charge is 0.286 e. The van der Waals surface area contributed by atoms with E-state index in [1.165, 1.54) is 0 Å². The van der Waals surface area contributed by atoms with Gasteiger partial charge < -0.3 is 24.6 Å². The summed E-state index contributed by atoms with van der Waals surface area (Å²) in [6.07, 6.45) is 2.13. The summed E-state index contributed by atoms with van der Waals surface area (Å²) in [6.45, 7) is 5.70. The lowest BCUT2D eigenvalue weighted by Gasteiger charge is -2.30. The van der Waals surface area contributed by atoms with Gasteiger partial charge in [-0.15, -0.1) is 0 Å². The molecule has 6 nitrogen and oxygen atoms in total. The molecule has 2 N–H and O–H groups in total. The second kappa shape index (κ2) is 11.0. The first-order valence-corrected chi connectivity index (χ1v) is 9.11. The van der Waals surface area contributed by atoms with Gasteiger partial charge in [-0.2, -0.15) is 0 Å². The number of amides is 1. The molecule has 1 aliphatic rings. The van der Waals surface area contributed by atoms with E-state index in [1.807, 2.05) is 36.4 Å². The number of nitrogens with one attached hydrogen (secondary N) is 1. The van der Waals surface area contributed by atoms with Crippen LogP contribution in [-0.2, 0) is 25.5 Å². The molecule has 0 aromatic heterocycles. The molecular weight excluding hydrogens is 334 g/mol. The van der Waals surface area contributed by atoms with Crippen molar-refractivity contribution in [1.82, 2.24) is 5.32 Å². The quantitative estimate of drug-likeness (QED) is 0.624. The van der Waals surface area contributed by atoms with Gasteiger partial charge in [0.05, 0.1) is 26.4 Å². The lowest BCUT2D eigenvalue weighted by atomic mass is 9.90. The van der Waals surface area contributed by atoms with Gasteiger partial charge in [-0.1, -0.05) is 44.2 Å². The number of carbonyl (C=O) groups excluding carboxylic acids is 1. The Kier molecular flexibility index (Phi) is 8.61. The van der Waals surface area contributed by atoms with Crippen LogP contribution in [0.1, 0.15) is 25.8 Å². The van der Waals surface area contributed by atoms with E-state index < -0.39 is 6.29 Å². The van der Waals surface area contributed by atoms with E-state index in [2.05, 4.69) is 19.2 Å². The van der Waals surface area contributed by atoms with Crippen LogP contribution in [0, 0.1) is 11.8 Å². The highest BCUT2D eigenvalue weighted by atomic mass is 16.7. The van der Waals surface area contributed by atoms with Crippen molar-refractivity contribution in [2.24, 2.45) is 11.8 Å². The lowest BCUT2D eigenvalue weighted by Crippen LogP contribution is -2.34. The van der Waals surface area contributed by atoms with Gasteiger partial charge in [-0.25, -0.2) is 0 Å². The van der Waals surface area contributed by atoms with Crippen LogP contribution in [0.15, 0.2) is 42.2 Å². The topological polar surface area (TPSA) is 77.0 Å². The zero-order valence-electron chi connectivity index (χ0n) is 15.5. The molecule has 0 aliphatic carbocycles. The summed E-state index contributed by atoms with van der Waals surface area (Å²) < 4.78 is 16.6. The zero-order valence-corrected chi connectivity index (χ0v) is 15.5. The first-order chi connectivity index (χ1) is 12.6. The van der Waals surface area contributed by atoms with Gasteiger partial charge in [0.2, 0.25) is 6.29 Å². The lowest BCUT2D eigenvalue weighted by molar-refractivity contribution is -0.155. The highest BCUT2D eigenvalue weighted by Gasteiger charge is 2.29. The number of hydrogen-bond donors (Lipinski definition) is 2. The molecule has 144 valence electrons. The second-order valence-electron chi connectivity index (χ2n) is 6.60. The predicted molar refractivity (Wildman–Crippen MR) is 98.0 cm³/mol. The fraction of sp³-hybridized carbons (Fsp3) is 0.550. The van der Waals surface area contributed by atoms with Gasteiger partial charge in [-0.05, 0) is 23.5 Å². The van der Waals surface area contributed by atoms with Crippen molar-refractivity contribution in [2.75, 3.05) is 26.4 Å². The standard InChI is InChI=1S/C20H29NO5/c1-15(2)17-12-18(20(23)21-14-16-6-4-3-5-7-16)26-19(13-17)25-11-10-24-9-8-22/h3-7,12,15,17,19,22H,8-11,13-14H2,1-2H3,(H,21,23)/t17-,19+/m0/s1. The minimum atomic E-state index is -0.470. The molecule has 0 radical (unpaired) electrons. The van der Waals surface area contributed by atoms with Gasteiger partial charge in [0.25, 0.3) is 5.91 Å². The Balaban J connectivity index is 1.88. The van der Waals surface area contributed by atoms with Crippen molar-refractivity contribution in [3.05, 3.63) is 47.7 Å². The largest absolute Gasteiger partial charge is 0.459 e. The normalized spacial score (nSPS) is 19.8. The number of allylic oxidation sites excluding steroid dienone is 1. The Labute approximate surface area is 155 Å². The van der Waals surface area contributed by atoms with Crippen LogP contribution in [0.2, 0.25) is 0 Å². The maximum absolute atomic E-state index is 12.5. The third-order valence-corrected chi connectivity index (χ3v) is 4.23. The van der Waals surface area contributed by atoms with Crippen LogP contribution in [0.25, 0.3) is 0 Å². The van der Waals surface area contributed by atoms with Gasteiger partial charge in [-0.3, -0.25) is 4.79 Å². The maximum atomic E-state index is 12.5. The minimum Gasteiger partial charge on any atom is -0.459 e. The summed E-state index contributed by atoms with van der Waals surface area (Å²) in [4.78, 5) is 12.5. The van der Waals surface area contributed by atoms with Crippen molar-refractivity contribution in [3.8, 4) is 0 Å². The van der Waals surface area contributed by atoms with Gasteiger partial charge in [0.1, 0.15) is 0 Å². The number of aliphatic hydroxyl groups excluding tert-OH is 1. The van der Waals surface area contributed by atoms with Crippen LogP contribution in [0.4, 0.5) is 0 Å². The molecule has 0 spiro atoms. The number of ether oxygens (including phenoxy) is 3. The summed E-state index contributed by atoms with van der Waals surface area (Å²) in [7, 11) is 0. The molecular formula is C20H29NO5. The highest BCUT2D eigenvalue weighted by molar-refractivity contribution is 5.91. The van der Waals surface area contributed by atoms with Crippen LogP contribution in [0.3, 0.4) is 0 Å². The summed E-state index contributed by atoms with van der Waals surface area (Å²) in [5.74, 6) is 0.675. The molecule has 1 aliphatic heterocycles. The monoisotopic (exact) mass is 363 g/mol. The molecule has 0 fully saturated rings. The van der Waals surface area contributed by atoms with E-state index in [4.69, 9.17) is 19.3 Å². The molecule has 0 saturated carbocycles. The third kappa shape index (κ3) is 6.78. The minimum absolute atomic E-state index is 0.0101. The molecule has 0 saturated heterocycles. The zero-order chi connectivity index (χ0) is 18.8. The summed E-state index contributed by atoms with van der Waals surface area (Å²) in [6, 6.07) is 9.75. The van der Waals surface area contributed by atoms with Crippen molar-refractivity contribution in [3.63, 3.8) is 0 Å². The van der Waals surface area contributed by atoms with Gasteiger partial charge in [0, 0.05) is 13.0 Å². The van der Waals surface area contributed by atoms with Crippen LogP contribution < -0.4 is 5.32 Å². The Morgan fingerprint density at radius 2 is 2.04 bits per heavy atom. The Morgan fingerprint density at radius 3 is 2.73 bits per heavy atom. The second-order valence-corrected chi connectivity index (χ2v) is 6.60. The van der Waals surface area contributed by atoms with Crippen molar-refractivity contribution in [2.45, 2.75) is 33.1 Å². The fourth-order valence-corrected chi connectivity index (χ4v) is 2.68. The third-order valence-electron chi connectivity index (χ3n) is 4.23. The summed E-state index contributed by atoms with van der Waals surface area (Å²) >= 11 is 0. The number of benzene rings is 1. The number of hydrogen-bond acceptors (Lipinski definition) is 5. The van der Waals surface area contributed by atoms with E-state index in [1.54, 1.807) is 0 Å². The molecule has 26 heavy (non-hydrogen) atoms. The average molecular weight is 363 g/mol. The number of carbonyl (C=O) groups is 1. The molecule has 0 bridgehead atoms. The van der Waals surface area contributed by atoms with Crippen LogP contribution in [0.5, 0.6) is 0 Å². The predicted octanol–water partition coefficient (Wildman–Crippen LogP) is 2.23. The van der Waals surface area contributed by atoms with E-state index in [-0.39, 0.29) is 25.0 Å².